The molecule has 29 heavy (non-hydrogen) atoms. The third-order valence-electron chi connectivity index (χ3n) is 4.25. The molecule has 1 aromatic rings. The van der Waals surface area contributed by atoms with Gasteiger partial charge in [-0.05, 0) is 32.1 Å². The molecule has 164 valence electrons. The van der Waals surface area contributed by atoms with E-state index in [4.69, 9.17) is 9.16 Å². The zero-order valence-corrected chi connectivity index (χ0v) is 20.2. The van der Waals surface area contributed by atoms with Crippen molar-refractivity contribution < 1.29 is 31.9 Å². The lowest BCUT2D eigenvalue weighted by Crippen LogP contribution is -2.68. The van der Waals surface area contributed by atoms with Crippen molar-refractivity contribution in [3.63, 3.8) is 0 Å². The number of hydrogen-bond donors (Lipinski definition) is 0. The van der Waals surface area contributed by atoms with Crippen molar-refractivity contribution in [2.45, 2.75) is 64.0 Å². The topological polar surface area (TPSA) is 55.8 Å². The Morgan fingerprint density at radius 2 is 1.48 bits per heavy atom. The van der Waals surface area contributed by atoms with Gasteiger partial charge in [0.25, 0.3) is 0 Å². The van der Waals surface area contributed by atoms with Crippen LogP contribution in [0.25, 0.3) is 0 Å². The van der Waals surface area contributed by atoms with Gasteiger partial charge in [0.1, 0.15) is 5.60 Å². The Labute approximate surface area is 172 Å². The highest BCUT2D eigenvalue weighted by Crippen LogP contribution is 2.39. The maximum absolute atomic E-state index is 13.5. The van der Waals surface area contributed by atoms with Crippen LogP contribution >= 0.6 is 0 Å². The largest absolute Gasteiger partial charge is 0.470 e. The fourth-order valence-corrected chi connectivity index (χ4v) is 6.68. The van der Waals surface area contributed by atoms with Crippen LogP contribution in [0.4, 0.5) is 13.2 Å². The van der Waals surface area contributed by atoms with E-state index in [1.54, 1.807) is 56.9 Å². The van der Waals surface area contributed by atoms with Crippen molar-refractivity contribution in [2.24, 2.45) is 0 Å². The predicted octanol–water partition coefficient (Wildman–Crippen LogP) is 4.52. The fourth-order valence-electron chi connectivity index (χ4n) is 3.31. The summed E-state index contributed by atoms with van der Waals surface area (Å²) >= 11 is 0. The van der Waals surface area contributed by atoms with Gasteiger partial charge in [-0.3, -0.25) is 4.79 Å². The second-order valence-electron chi connectivity index (χ2n) is 8.96. The van der Waals surface area contributed by atoms with E-state index in [0.717, 1.165) is 7.11 Å². The van der Waals surface area contributed by atoms with E-state index >= 15 is 0 Å². The Morgan fingerprint density at radius 1 is 1.00 bits per heavy atom. The molecule has 2 atom stereocenters. The Hall–Kier alpha value is -1.66. The summed E-state index contributed by atoms with van der Waals surface area (Å²) in [5.74, 6) is -3.01. The van der Waals surface area contributed by atoms with Gasteiger partial charge in [-0.1, -0.05) is 50.0 Å². The molecule has 1 aromatic carbocycles. The number of ether oxygens (including phenoxy) is 1. The minimum atomic E-state index is -5.14. The number of halogens is 3. The third-order valence-corrected chi connectivity index (χ3v) is 7.20. The van der Waals surface area contributed by atoms with Crippen LogP contribution < -0.4 is 0 Å². The van der Waals surface area contributed by atoms with Crippen molar-refractivity contribution in [2.75, 3.05) is 7.11 Å². The number of benzene rings is 1. The van der Waals surface area contributed by atoms with Crippen LogP contribution in [0.3, 0.4) is 0 Å². The number of amides is 1. The molecule has 10 heteroatoms. The van der Waals surface area contributed by atoms with Gasteiger partial charge in [-0.15, -0.1) is 0 Å². The molecule has 2 unspecified atom stereocenters. The molecule has 0 N–H and O–H groups in total. The normalized spacial score (nSPS) is 16.0. The van der Waals surface area contributed by atoms with Gasteiger partial charge >= 0.3 is 18.1 Å². The summed E-state index contributed by atoms with van der Waals surface area (Å²) in [7, 11) is -4.32. The smallest absolute Gasteiger partial charge is 0.467 e. The first kappa shape index (κ1) is 25.4. The zero-order chi connectivity index (χ0) is 22.8. The number of carbonyl (C=O) groups excluding carboxylic acids is 2. The van der Waals surface area contributed by atoms with Crippen LogP contribution in [0.5, 0.6) is 0 Å². The van der Waals surface area contributed by atoms with Gasteiger partial charge in [0.05, 0.1) is 7.11 Å². The van der Waals surface area contributed by atoms with E-state index in [9.17, 15) is 22.8 Å². The minimum absolute atomic E-state index is 0.496. The maximum atomic E-state index is 13.5. The van der Waals surface area contributed by atoms with E-state index < -0.39 is 46.2 Å². The number of alkyl halides is 3. The molecule has 0 bridgehead atoms. The maximum Gasteiger partial charge on any atom is 0.470 e. The van der Waals surface area contributed by atoms with Crippen LogP contribution in [0.2, 0.25) is 39.3 Å². The Balaban J connectivity index is 3.86. The lowest BCUT2D eigenvalue weighted by atomic mass is 9.88. The van der Waals surface area contributed by atoms with Crippen LogP contribution in [-0.2, 0) is 24.4 Å². The third kappa shape index (κ3) is 6.16. The number of esters is 1. The molecule has 0 saturated heterocycles. The molecule has 0 saturated carbocycles. The number of nitrogens with zero attached hydrogens (tertiary/aromatic N) is 1. The first-order chi connectivity index (χ1) is 12.9. The van der Waals surface area contributed by atoms with Crippen molar-refractivity contribution in [1.82, 2.24) is 4.57 Å². The first-order valence-electron chi connectivity index (χ1n) is 9.19. The zero-order valence-electron chi connectivity index (χ0n) is 18.2. The van der Waals surface area contributed by atoms with Crippen LogP contribution in [0, 0.1) is 0 Å². The molecular weight excluding hydrogens is 419 g/mol. The average Bonchev–Trinajstić information content (AvgIpc) is 2.55. The number of carbonyl (C=O) groups is 2. The summed E-state index contributed by atoms with van der Waals surface area (Å²) in [6, 6.07) is 6.93. The van der Waals surface area contributed by atoms with Crippen LogP contribution in [0.1, 0.15) is 12.5 Å². The van der Waals surface area contributed by atoms with Crippen LogP contribution in [0.15, 0.2) is 30.3 Å². The van der Waals surface area contributed by atoms with E-state index in [1.807, 2.05) is 19.6 Å². The van der Waals surface area contributed by atoms with Crippen LogP contribution in [-0.4, -0.2) is 52.3 Å². The Kier molecular flexibility index (Phi) is 7.53. The summed E-state index contributed by atoms with van der Waals surface area (Å²) in [4.78, 5) is 25.4. The van der Waals surface area contributed by atoms with Gasteiger partial charge in [0.2, 0.25) is 0 Å². The lowest BCUT2D eigenvalue weighted by Gasteiger charge is -2.49. The second-order valence-corrected chi connectivity index (χ2v) is 18.2. The van der Waals surface area contributed by atoms with E-state index in [0.29, 0.717) is 10.1 Å². The highest BCUT2D eigenvalue weighted by Gasteiger charge is 2.57. The second kappa shape index (κ2) is 8.61. The summed E-state index contributed by atoms with van der Waals surface area (Å²) in [5.41, 5.74) is -1.03. The van der Waals surface area contributed by atoms with E-state index in [-0.39, 0.29) is 0 Å². The molecule has 0 aliphatic heterocycles. The summed E-state index contributed by atoms with van der Waals surface area (Å²) in [6.45, 7) is 11.9. The molecular formula is C19H30F3NO4Si2. The standard InChI is InChI=1S/C19H30F3NO4Si2/c1-18(27-29(6,7)8,14-12-10-9-11-13-14)15(16(24)26-2)23(28(3,4)5)17(25)19(20,21)22/h9-13,15H,1-8H3. The van der Waals surface area contributed by atoms with Gasteiger partial charge < -0.3 is 13.7 Å². The Morgan fingerprint density at radius 3 is 1.83 bits per heavy atom. The summed E-state index contributed by atoms with van der Waals surface area (Å²) in [6.07, 6.45) is -5.14. The lowest BCUT2D eigenvalue weighted by molar-refractivity contribution is -0.189. The number of hydrogen-bond acceptors (Lipinski definition) is 4. The average molecular weight is 450 g/mol. The van der Waals surface area contributed by atoms with E-state index in [1.165, 1.54) is 0 Å². The Bertz CT molecular complexity index is 730. The van der Waals surface area contributed by atoms with Crippen molar-refractivity contribution in [3.05, 3.63) is 35.9 Å². The molecule has 0 heterocycles. The van der Waals surface area contributed by atoms with Gasteiger partial charge in [-0.25, -0.2) is 4.79 Å². The molecule has 0 fully saturated rings. The molecule has 0 aliphatic carbocycles. The van der Waals surface area contributed by atoms with E-state index in [2.05, 4.69) is 0 Å². The monoisotopic (exact) mass is 449 g/mol. The molecule has 0 spiro atoms. The molecule has 1 amide bonds. The van der Waals surface area contributed by atoms with Gasteiger partial charge in [0.15, 0.2) is 22.6 Å². The quantitative estimate of drug-likeness (QED) is 0.454. The molecule has 5 nitrogen and oxygen atoms in total. The first-order valence-corrected chi connectivity index (χ1v) is 16.0. The van der Waals surface area contributed by atoms with Crippen molar-refractivity contribution >= 4 is 28.4 Å². The van der Waals surface area contributed by atoms with Gasteiger partial charge in [-0.2, -0.15) is 13.2 Å². The molecule has 0 aromatic heterocycles. The highest BCUT2D eigenvalue weighted by molar-refractivity contribution is 6.76. The minimum Gasteiger partial charge on any atom is -0.467 e. The predicted molar refractivity (Wildman–Crippen MR) is 110 cm³/mol. The fraction of sp³-hybridized carbons (Fsp3) is 0.579. The summed E-state index contributed by atoms with van der Waals surface area (Å²) in [5, 5.41) is 0. The van der Waals surface area contributed by atoms with Crippen molar-refractivity contribution in [3.8, 4) is 0 Å². The number of rotatable bonds is 7. The highest BCUT2D eigenvalue weighted by atomic mass is 28.4. The molecule has 1 rings (SSSR count). The summed E-state index contributed by atoms with van der Waals surface area (Å²) < 4.78 is 52.5. The van der Waals surface area contributed by atoms with Gasteiger partial charge in [0, 0.05) is 0 Å². The molecule has 0 radical (unpaired) electrons. The van der Waals surface area contributed by atoms with Crippen molar-refractivity contribution in [1.29, 1.82) is 0 Å². The number of methoxy groups -OCH3 is 1. The SMILES string of the molecule is COC(=O)C(N(C(=O)C(F)(F)F)[Si](C)(C)C)C(C)(O[Si](C)(C)C)c1ccccc1. The molecule has 0 aliphatic rings.